The zero-order valence-electron chi connectivity index (χ0n) is 7.94. The predicted octanol–water partition coefficient (Wildman–Crippen LogP) is 0.195. The number of carbonyl (C=O) groups is 2. The number of nitrogens with one attached hydrogen (secondary N) is 1. The Balaban J connectivity index is 3.86. The maximum Gasteiger partial charge on any atom is 0.408 e. The molecule has 0 spiro atoms. The van der Waals surface area contributed by atoms with Crippen LogP contribution in [0.3, 0.4) is 0 Å². The highest BCUT2D eigenvalue weighted by atomic mass is 127. The first-order valence-corrected chi connectivity index (χ1v) is 5.57. The lowest BCUT2D eigenvalue weighted by Gasteiger charge is -2.14. The number of aliphatic hydroxyl groups excluding tert-OH is 1. The molecule has 1 amide bonds. The summed E-state index contributed by atoms with van der Waals surface area (Å²) in [6, 6.07) is 0. The number of alkyl carbamates (subject to hydrolysis) is 1. The molecule has 0 saturated heterocycles. The van der Waals surface area contributed by atoms with E-state index < -0.39 is 24.8 Å². The van der Waals surface area contributed by atoms with E-state index in [1.807, 2.05) is 22.6 Å². The Morgan fingerprint density at radius 2 is 2.27 bits per heavy atom. The van der Waals surface area contributed by atoms with Gasteiger partial charge in [-0.25, -0.2) is 9.59 Å². The fourth-order valence-electron chi connectivity index (χ4n) is 0.606. The van der Waals surface area contributed by atoms with Crippen molar-refractivity contribution in [1.29, 1.82) is 0 Å². The Hall–Kier alpha value is -0.830. The number of carbonyl (C=O) groups excluding carboxylic acids is 2. The molecule has 0 aliphatic rings. The first kappa shape index (κ1) is 14.2. The maximum absolute atomic E-state index is 10.9. The van der Waals surface area contributed by atoms with Gasteiger partial charge >= 0.3 is 12.1 Å². The number of ether oxygens (including phenoxy) is 2. The highest BCUT2D eigenvalue weighted by molar-refractivity contribution is 14.1. The normalized spacial score (nSPS) is 11.3. The first-order valence-electron chi connectivity index (χ1n) is 4.04. The summed E-state index contributed by atoms with van der Waals surface area (Å²) < 4.78 is 9.71. The van der Waals surface area contributed by atoms with E-state index in [1.54, 1.807) is 0 Å². The van der Waals surface area contributed by atoms with E-state index in [4.69, 9.17) is 9.84 Å². The zero-order chi connectivity index (χ0) is 11.7. The molecule has 0 aromatic rings. The minimum Gasteiger partial charge on any atom is -0.458 e. The number of rotatable bonds is 6. The molecule has 0 aliphatic carbocycles. The molecule has 1 unspecified atom stereocenters. The molecular weight excluding hydrogens is 317 g/mol. The molecule has 86 valence electrons. The van der Waals surface area contributed by atoms with Gasteiger partial charge in [0, 0.05) is 6.08 Å². The van der Waals surface area contributed by atoms with Crippen molar-refractivity contribution in [3.05, 3.63) is 12.7 Å². The van der Waals surface area contributed by atoms with E-state index in [1.165, 1.54) is 0 Å². The van der Waals surface area contributed by atoms with Gasteiger partial charge < -0.3 is 19.9 Å². The molecule has 0 radical (unpaired) electrons. The quantitative estimate of drug-likeness (QED) is 0.239. The number of amides is 1. The van der Waals surface area contributed by atoms with Crippen molar-refractivity contribution in [2.45, 2.75) is 6.10 Å². The van der Waals surface area contributed by atoms with Gasteiger partial charge in [-0.05, 0) is 0 Å². The largest absolute Gasteiger partial charge is 0.458 e. The molecular formula is C8H12INO5. The van der Waals surface area contributed by atoms with Crippen molar-refractivity contribution in [2.75, 3.05) is 17.8 Å². The van der Waals surface area contributed by atoms with Crippen molar-refractivity contribution < 1.29 is 24.2 Å². The Morgan fingerprint density at radius 3 is 2.73 bits per heavy atom. The minimum absolute atomic E-state index is 0.198. The van der Waals surface area contributed by atoms with Gasteiger partial charge in [0.25, 0.3) is 0 Å². The summed E-state index contributed by atoms with van der Waals surface area (Å²) in [5.41, 5.74) is 0. The van der Waals surface area contributed by atoms with Crippen molar-refractivity contribution in [3.8, 4) is 0 Å². The van der Waals surface area contributed by atoms with Crippen LogP contribution in [0, 0.1) is 0 Å². The van der Waals surface area contributed by atoms with Crippen molar-refractivity contribution in [2.24, 2.45) is 0 Å². The summed E-state index contributed by atoms with van der Waals surface area (Å²) in [5.74, 6) is -0.633. The van der Waals surface area contributed by atoms with Gasteiger partial charge in [0.15, 0.2) is 6.10 Å². The fraction of sp³-hybridized carbons (Fsp3) is 0.500. The topological polar surface area (TPSA) is 84.9 Å². The number of hydrogen-bond acceptors (Lipinski definition) is 5. The van der Waals surface area contributed by atoms with E-state index in [2.05, 4.69) is 16.6 Å². The second-order valence-electron chi connectivity index (χ2n) is 2.35. The van der Waals surface area contributed by atoms with Gasteiger partial charge in [0.2, 0.25) is 0 Å². The maximum atomic E-state index is 10.9. The number of esters is 1. The lowest BCUT2D eigenvalue weighted by Crippen LogP contribution is -2.33. The molecule has 1 atom stereocenters. The van der Waals surface area contributed by atoms with Gasteiger partial charge in [-0.1, -0.05) is 29.2 Å². The average Bonchev–Trinajstić information content (AvgIpc) is 2.23. The lowest BCUT2D eigenvalue weighted by molar-refractivity contribution is -0.141. The molecule has 0 saturated carbocycles. The minimum atomic E-state index is -0.864. The summed E-state index contributed by atoms with van der Waals surface area (Å²) in [5, 5.41) is 11.2. The van der Waals surface area contributed by atoms with E-state index >= 15 is 0 Å². The Bertz CT molecular complexity index is 233. The van der Waals surface area contributed by atoms with Crippen molar-refractivity contribution in [3.63, 3.8) is 0 Å². The Morgan fingerprint density at radius 1 is 1.60 bits per heavy atom. The first-order chi connectivity index (χ1) is 7.13. The van der Waals surface area contributed by atoms with E-state index in [-0.39, 0.29) is 6.61 Å². The van der Waals surface area contributed by atoms with E-state index in [0.717, 1.165) is 6.08 Å². The smallest absolute Gasteiger partial charge is 0.408 e. The van der Waals surface area contributed by atoms with Gasteiger partial charge in [-0.15, -0.1) is 0 Å². The molecule has 2 N–H and O–H groups in total. The van der Waals surface area contributed by atoms with Gasteiger partial charge in [-0.2, -0.15) is 0 Å². The molecule has 0 bridgehead atoms. The van der Waals surface area contributed by atoms with Gasteiger partial charge in [0.05, 0.1) is 11.2 Å². The fourth-order valence-corrected chi connectivity index (χ4v) is 0.917. The monoisotopic (exact) mass is 329 g/mol. The zero-order valence-corrected chi connectivity index (χ0v) is 10.1. The highest BCUT2D eigenvalue weighted by Crippen LogP contribution is 1.95. The molecule has 15 heavy (non-hydrogen) atoms. The third-order valence-corrected chi connectivity index (χ3v) is 1.65. The van der Waals surface area contributed by atoms with Crippen LogP contribution in [0.4, 0.5) is 4.79 Å². The van der Waals surface area contributed by atoms with E-state index in [9.17, 15) is 9.59 Å². The summed E-state index contributed by atoms with van der Waals surface area (Å²) in [7, 11) is 0. The summed E-state index contributed by atoms with van der Waals surface area (Å²) in [6.45, 7) is 2.58. The van der Waals surface area contributed by atoms with Gasteiger partial charge in [0.1, 0.15) is 6.61 Å². The second-order valence-corrected chi connectivity index (χ2v) is 3.12. The number of aliphatic hydroxyl groups is 1. The molecule has 7 heteroatoms. The summed E-state index contributed by atoms with van der Waals surface area (Å²) >= 11 is 1.93. The molecule has 0 aromatic carbocycles. The molecule has 0 rings (SSSR count). The van der Waals surface area contributed by atoms with Crippen LogP contribution in [0.25, 0.3) is 0 Å². The number of alkyl halides is 1. The van der Waals surface area contributed by atoms with Crippen LogP contribution in [-0.4, -0.2) is 41.0 Å². The Labute approximate surface area is 101 Å². The molecule has 0 fully saturated rings. The second kappa shape index (κ2) is 8.48. The van der Waals surface area contributed by atoms with Crippen LogP contribution in [0.2, 0.25) is 0 Å². The highest BCUT2D eigenvalue weighted by Gasteiger charge is 2.14. The van der Waals surface area contributed by atoms with Crippen LogP contribution in [0.5, 0.6) is 0 Å². The molecule has 0 aromatic heterocycles. The third-order valence-electron chi connectivity index (χ3n) is 1.27. The molecule has 0 aliphatic heterocycles. The molecule has 0 heterocycles. The summed E-state index contributed by atoms with van der Waals surface area (Å²) in [4.78, 5) is 21.6. The van der Waals surface area contributed by atoms with Crippen LogP contribution in [-0.2, 0) is 14.3 Å². The van der Waals surface area contributed by atoms with Crippen LogP contribution in [0.15, 0.2) is 12.7 Å². The molecule has 6 nitrogen and oxygen atoms in total. The van der Waals surface area contributed by atoms with Gasteiger partial charge in [-0.3, -0.25) is 0 Å². The summed E-state index contributed by atoms with van der Waals surface area (Å²) in [6.07, 6.45) is -0.547. The SMILES string of the molecule is C=CC(=O)OCC(CO)OC(=O)NCI. The van der Waals surface area contributed by atoms with Crippen molar-refractivity contribution in [1.82, 2.24) is 5.32 Å². The standard InChI is InChI=1S/C8H12INO5/c1-2-7(12)14-4-6(3-11)15-8(13)10-5-9/h2,6,11H,1,3-5H2,(H,10,13). The van der Waals surface area contributed by atoms with E-state index in [0.29, 0.717) is 4.55 Å². The lowest BCUT2D eigenvalue weighted by atomic mass is 10.4. The third kappa shape index (κ3) is 7.14. The average molecular weight is 329 g/mol. The van der Waals surface area contributed by atoms with Crippen LogP contribution < -0.4 is 5.32 Å². The van der Waals surface area contributed by atoms with Crippen molar-refractivity contribution >= 4 is 34.7 Å². The Kier molecular flexibility index (Phi) is 8.01. The van der Waals surface area contributed by atoms with Crippen LogP contribution >= 0.6 is 22.6 Å². The number of halogens is 1. The van der Waals surface area contributed by atoms with Crippen LogP contribution in [0.1, 0.15) is 0 Å². The predicted molar refractivity (Wildman–Crippen MR) is 60.5 cm³/mol. The number of hydrogen-bond donors (Lipinski definition) is 2.